The Hall–Kier alpha value is -2.19. The van der Waals surface area contributed by atoms with Gasteiger partial charge in [0.25, 0.3) is 5.56 Å². The molecule has 0 spiro atoms. The number of hydrogen-bond donors (Lipinski definition) is 1. The van der Waals surface area contributed by atoms with Crippen molar-refractivity contribution >= 4 is 33.0 Å². The lowest BCUT2D eigenvalue weighted by molar-refractivity contribution is -0.121. The number of thiophene rings is 1. The van der Waals surface area contributed by atoms with E-state index in [0.29, 0.717) is 23.9 Å². The fourth-order valence-corrected chi connectivity index (χ4v) is 4.93. The van der Waals surface area contributed by atoms with Crippen molar-refractivity contribution in [1.29, 1.82) is 0 Å². The second-order valence-electron chi connectivity index (χ2n) is 7.63. The Labute approximate surface area is 167 Å². The van der Waals surface area contributed by atoms with Crippen molar-refractivity contribution in [1.82, 2.24) is 24.4 Å². The Balaban J connectivity index is 1.37. The third kappa shape index (κ3) is 3.71. The molecule has 1 aliphatic rings. The highest BCUT2D eigenvalue weighted by Crippen LogP contribution is 2.24. The van der Waals surface area contributed by atoms with Crippen LogP contribution in [0.4, 0.5) is 0 Å². The molecule has 4 heterocycles. The average Bonchev–Trinajstić information content (AvgIpc) is 3.25. The summed E-state index contributed by atoms with van der Waals surface area (Å²) in [6.07, 6.45) is 4.77. The van der Waals surface area contributed by atoms with E-state index in [9.17, 15) is 9.59 Å². The minimum Gasteiger partial charge on any atom is -0.354 e. The Morgan fingerprint density at radius 1 is 1.36 bits per heavy atom. The van der Waals surface area contributed by atoms with Gasteiger partial charge in [0.05, 0.1) is 10.2 Å². The van der Waals surface area contributed by atoms with E-state index in [-0.39, 0.29) is 18.0 Å². The van der Waals surface area contributed by atoms with Gasteiger partial charge in [0.2, 0.25) is 5.91 Å². The lowest BCUT2D eigenvalue weighted by Crippen LogP contribution is -2.40. The number of rotatable bonds is 6. The highest BCUT2D eigenvalue weighted by atomic mass is 32.1. The summed E-state index contributed by atoms with van der Waals surface area (Å²) in [5.41, 5.74) is 1.33. The predicted molar refractivity (Wildman–Crippen MR) is 112 cm³/mol. The summed E-state index contributed by atoms with van der Waals surface area (Å²) in [6, 6.07) is 4.51. The van der Waals surface area contributed by atoms with Gasteiger partial charge in [-0.1, -0.05) is 6.42 Å². The molecule has 3 aromatic rings. The number of carbonyl (C=O) groups excluding carboxylic acids is 1. The molecule has 3 aromatic heterocycles. The molecule has 0 radical (unpaired) electrons. The van der Waals surface area contributed by atoms with Crippen molar-refractivity contribution in [3.63, 3.8) is 0 Å². The van der Waals surface area contributed by atoms with Crippen LogP contribution in [0.15, 0.2) is 22.3 Å². The molecule has 0 aromatic carbocycles. The first-order valence-corrected chi connectivity index (χ1v) is 10.9. The summed E-state index contributed by atoms with van der Waals surface area (Å²) < 4.78 is 4.19. The fraction of sp³-hybridized carbons (Fsp3) is 0.550. The van der Waals surface area contributed by atoms with Crippen molar-refractivity contribution in [2.45, 2.75) is 52.1 Å². The fourth-order valence-electron chi connectivity index (χ4n) is 4.13. The number of hydrogen-bond acceptors (Lipinski definition) is 5. The standard InChI is InChI=1S/C20H27N5O2S/c1-14-6-3-4-9-23(14)10-5-8-21-19(26)13-24-20(27)17-12-18-16(7-11-28-18)25(17)15(2)22-24/h7,11-12,14H,3-6,8-10,13H2,1-2H3,(H,21,26). The van der Waals surface area contributed by atoms with E-state index in [1.54, 1.807) is 11.3 Å². The second kappa shape index (κ2) is 8.05. The monoisotopic (exact) mass is 401 g/mol. The van der Waals surface area contributed by atoms with Gasteiger partial charge in [-0.2, -0.15) is 5.10 Å². The van der Waals surface area contributed by atoms with E-state index in [4.69, 9.17) is 0 Å². The molecule has 0 bridgehead atoms. The van der Waals surface area contributed by atoms with Crippen molar-refractivity contribution < 1.29 is 4.79 Å². The molecule has 8 heteroatoms. The van der Waals surface area contributed by atoms with Crippen LogP contribution in [0.1, 0.15) is 38.4 Å². The summed E-state index contributed by atoms with van der Waals surface area (Å²) in [7, 11) is 0. The number of nitrogens with one attached hydrogen (secondary N) is 1. The molecule has 1 atom stereocenters. The van der Waals surface area contributed by atoms with Crippen LogP contribution in [-0.4, -0.2) is 50.7 Å². The minimum absolute atomic E-state index is 0.0465. The zero-order valence-electron chi connectivity index (χ0n) is 16.5. The molecule has 0 aliphatic carbocycles. The summed E-state index contributed by atoms with van der Waals surface area (Å²) in [5, 5.41) is 9.29. The number of carbonyl (C=O) groups is 1. The van der Waals surface area contributed by atoms with Gasteiger partial charge in [0, 0.05) is 19.1 Å². The van der Waals surface area contributed by atoms with E-state index in [1.807, 2.05) is 28.8 Å². The molecule has 150 valence electrons. The van der Waals surface area contributed by atoms with E-state index in [0.717, 1.165) is 29.7 Å². The molecule has 1 amide bonds. The molecule has 28 heavy (non-hydrogen) atoms. The first kappa shape index (κ1) is 19.1. The maximum Gasteiger partial charge on any atom is 0.291 e. The van der Waals surface area contributed by atoms with E-state index in [1.165, 1.54) is 23.9 Å². The molecule has 1 aliphatic heterocycles. The Morgan fingerprint density at radius 2 is 2.21 bits per heavy atom. The quantitative estimate of drug-likeness (QED) is 0.644. The summed E-state index contributed by atoms with van der Waals surface area (Å²) in [6.45, 7) is 6.87. The van der Waals surface area contributed by atoms with Crippen LogP contribution >= 0.6 is 11.3 Å². The molecule has 1 unspecified atom stereocenters. The van der Waals surface area contributed by atoms with Crippen LogP contribution in [0, 0.1) is 6.92 Å². The topological polar surface area (TPSA) is 71.6 Å². The Bertz CT molecular complexity index is 1050. The molecule has 7 nitrogen and oxygen atoms in total. The Kier molecular flexibility index (Phi) is 5.50. The number of nitrogens with zero attached hydrogens (tertiary/aromatic N) is 4. The summed E-state index contributed by atoms with van der Waals surface area (Å²) in [4.78, 5) is 27.6. The molecule has 0 saturated carbocycles. The molecule has 1 fully saturated rings. The van der Waals surface area contributed by atoms with Gasteiger partial charge in [-0.25, -0.2) is 4.68 Å². The van der Waals surface area contributed by atoms with Gasteiger partial charge in [-0.15, -0.1) is 11.3 Å². The van der Waals surface area contributed by atoms with Crippen molar-refractivity contribution in [2.24, 2.45) is 0 Å². The maximum absolute atomic E-state index is 12.8. The number of fused-ring (bicyclic) bond motifs is 3. The normalized spacial score (nSPS) is 18.1. The van der Waals surface area contributed by atoms with Crippen LogP contribution in [0.25, 0.3) is 15.7 Å². The van der Waals surface area contributed by atoms with E-state index < -0.39 is 0 Å². The highest BCUT2D eigenvalue weighted by Gasteiger charge is 2.18. The minimum atomic E-state index is -0.230. The van der Waals surface area contributed by atoms with Gasteiger partial charge in [0.15, 0.2) is 0 Å². The Morgan fingerprint density at radius 3 is 3.04 bits per heavy atom. The molecular formula is C20H27N5O2S. The second-order valence-corrected chi connectivity index (χ2v) is 8.58. The molecule has 1 N–H and O–H groups in total. The van der Waals surface area contributed by atoms with Crippen molar-refractivity contribution in [3.05, 3.63) is 33.7 Å². The van der Waals surface area contributed by atoms with E-state index in [2.05, 4.69) is 22.2 Å². The third-order valence-electron chi connectivity index (χ3n) is 5.64. The molecule has 4 rings (SSSR count). The maximum atomic E-state index is 12.8. The van der Waals surface area contributed by atoms with Crippen molar-refractivity contribution in [2.75, 3.05) is 19.6 Å². The van der Waals surface area contributed by atoms with Gasteiger partial charge >= 0.3 is 0 Å². The van der Waals surface area contributed by atoms with Gasteiger partial charge in [-0.05, 0) is 57.2 Å². The van der Waals surface area contributed by atoms with Gasteiger partial charge in [-0.3, -0.25) is 14.0 Å². The predicted octanol–water partition coefficient (Wildman–Crippen LogP) is 2.40. The van der Waals surface area contributed by atoms with Crippen molar-refractivity contribution in [3.8, 4) is 0 Å². The first-order chi connectivity index (χ1) is 13.5. The smallest absolute Gasteiger partial charge is 0.291 e. The first-order valence-electron chi connectivity index (χ1n) is 10.0. The van der Waals surface area contributed by atoms with Crippen LogP contribution in [0.5, 0.6) is 0 Å². The number of aryl methyl sites for hydroxylation is 1. The van der Waals surface area contributed by atoms with Gasteiger partial charge < -0.3 is 10.2 Å². The lowest BCUT2D eigenvalue weighted by atomic mass is 10.0. The van der Waals surface area contributed by atoms with Gasteiger partial charge in [0.1, 0.15) is 17.9 Å². The third-order valence-corrected chi connectivity index (χ3v) is 6.50. The SMILES string of the molecule is Cc1nn(CC(=O)NCCCN2CCCCC2C)c(=O)c2cc3sccc3n12. The highest BCUT2D eigenvalue weighted by molar-refractivity contribution is 7.17. The number of piperidine rings is 1. The van der Waals surface area contributed by atoms with Crippen LogP contribution in [-0.2, 0) is 11.3 Å². The zero-order valence-corrected chi connectivity index (χ0v) is 17.3. The van der Waals surface area contributed by atoms with Crippen LogP contribution in [0.2, 0.25) is 0 Å². The number of likely N-dealkylation sites (tertiary alicyclic amines) is 1. The molecular weight excluding hydrogens is 374 g/mol. The van der Waals surface area contributed by atoms with E-state index >= 15 is 0 Å². The summed E-state index contributed by atoms with van der Waals surface area (Å²) in [5.74, 6) is 0.535. The molecule has 1 saturated heterocycles. The number of amides is 1. The van der Waals surface area contributed by atoms with Crippen LogP contribution in [0.3, 0.4) is 0 Å². The zero-order chi connectivity index (χ0) is 19.7. The summed E-state index contributed by atoms with van der Waals surface area (Å²) >= 11 is 1.60. The van der Waals surface area contributed by atoms with Crippen LogP contribution < -0.4 is 10.9 Å². The average molecular weight is 402 g/mol. The lowest BCUT2D eigenvalue weighted by Gasteiger charge is -2.33. The number of aromatic nitrogens is 3. The largest absolute Gasteiger partial charge is 0.354 e.